The summed E-state index contributed by atoms with van der Waals surface area (Å²) in [5.74, 6) is -9.06. The summed E-state index contributed by atoms with van der Waals surface area (Å²) in [6.45, 7) is 4.59. The van der Waals surface area contributed by atoms with E-state index in [0.717, 1.165) is 10.0 Å². The van der Waals surface area contributed by atoms with Crippen LogP contribution in [0.1, 0.15) is 58.6 Å². The molecule has 4 aromatic rings. The molecule has 0 radical (unpaired) electrons. The van der Waals surface area contributed by atoms with Crippen LogP contribution in [0.3, 0.4) is 0 Å². The van der Waals surface area contributed by atoms with Crippen LogP contribution in [0, 0.1) is 11.6 Å². The summed E-state index contributed by atoms with van der Waals surface area (Å²) in [5, 5.41) is 32.6. The number of carboxylic acids is 1. The van der Waals surface area contributed by atoms with E-state index in [1.807, 2.05) is 0 Å². The van der Waals surface area contributed by atoms with Crippen LogP contribution < -0.4 is 10.9 Å². The number of rotatable bonds is 21. The van der Waals surface area contributed by atoms with Crippen LogP contribution in [-0.4, -0.2) is 117 Å². The zero-order valence-electron chi connectivity index (χ0n) is 39.0. The van der Waals surface area contributed by atoms with E-state index in [2.05, 4.69) is 10.9 Å². The number of halogens is 4. The number of aliphatic hydroxyl groups is 2. The highest BCUT2D eigenvalue weighted by atomic mass is 35.5. The average molecular weight is 1030 g/mol. The number of nitrogens with zero attached hydrogens (tertiary/aromatic N) is 2. The minimum atomic E-state index is -1.97. The number of hydrazine groups is 2. The third-order valence-corrected chi connectivity index (χ3v) is 10.1. The topological polar surface area (TPSA) is 257 Å². The minimum Gasteiger partial charge on any atom is -0.479 e. The highest BCUT2D eigenvalue weighted by molar-refractivity contribution is 6.33. The number of benzene rings is 4. The standard InChI is InChI=1S/C48H52Cl2F2N4O15/c1-47(2,3)70-44(64)40(59)53-56(24-29-9-13-31(14-10-29)35-22-33(50)16-18-37(35)52)26-39(58)43(63)68-27-69-46(66)67-20-6-19-48(4,5)71-45(65)41(60)54-55(25-38(57)42(61)62)23-28-7-11-30(12-8-28)34-21-32(49)15-17-36(34)51/h7-18,21-22,38-39,57-58H,6,19-20,23-27H2,1-5H3,(H,53,59)(H,54,60)(H,61,62)/t38-,39-/m1/s1. The molecule has 0 aliphatic rings. The van der Waals surface area contributed by atoms with Crippen LogP contribution in [0.4, 0.5) is 13.6 Å². The normalized spacial score (nSPS) is 12.4. The van der Waals surface area contributed by atoms with Gasteiger partial charge in [-0.15, -0.1) is 0 Å². The molecule has 0 aromatic heterocycles. The van der Waals surface area contributed by atoms with Gasteiger partial charge in [-0.3, -0.25) is 20.4 Å². The molecule has 23 heteroatoms. The van der Waals surface area contributed by atoms with Gasteiger partial charge in [-0.1, -0.05) is 71.7 Å². The van der Waals surface area contributed by atoms with Crippen LogP contribution in [0.25, 0.3) is 22.3 Å². The molecule has 0 spiro atoms. The molecule has 382 valence electrons. The number of esters is 3. The van der Waals surface area contributed by atoms with Crippen molar-refractivity contribution in [1.82, 2.24) is 20.9 Å². The number of carboxylic acid groups (broad SMARTS) is 1. The molecule has 0 heterocycles. The van der Waals surface area contributed by atoms with Crippen molar-refractivity contribution < 1.29 is 81.3 Å². The second-order valence-electron chi connectivity index (χ2n) is 17.2. The number of aliphatic hydroxyl groups excluding tert-OH is 2. The smallest absolute Gasteiger partial charge is 0.479 e. The lowest BCUT2D eigenvalue weighted by Crippen LogP contribution is -2.50. The predicted octanol–water partition coefficient (Wildman–Crippen LogP) is 5.88. The molecule has 4 rings (SSSR count). The average Bonchev–Trinajstić information content (AvgIpc) is 3.29. The van der Waals surface area contributed by atoms with Crippen LogP contribution in [0.5, 0.6) is 0 Å². The number of amides is 2. The first-order valence-corrected chi connectivity index (χ1v) is 22.3. The van der Waals surface area contributed by atoms with Crippen LogP contribution in [0.2, 0.25) is 10.0 Å². The van der Waals surface area contributed by atoms with Gasteiger partial charge in [0.15, 0.2) is 12.2 Å². The highest BCUT2D eigenvalue weighted by Gasteiger charge is 2.31. The summed E-state index contributed by atoms with van der Waals surface area (Å²) in [6.07, 6.45) is -5.12. The summed E-state index contributed by atoms with van der Waals surface area (Å²) in [7, 11) is 0. The highest BCUT2D eigenvalue weighted by Crippen LogP contribution is 2.28. The molecule has 0 unspecified atom stereocenters. The Hall–Kier alpha value is -6.75. The molecule has 0 saturated carbocycles. The van der Waals surface area contributed by atoms with E-state index < -0.39 is 96.8 Å². The van der Waals surface area contributed by atoms with Gasteiger partial charge >= 0.3 is 41.8 Å². The first-order chi connectivity index (χ1) is 33.3. The van der Waals surface area contributed by atoms with Crippen LogP contribution >= 0.6 is 23.2 Å². The van der Waals surface area contributed by atoms with Gasteiger partial charge in [0.1, 0.15) is 22.8 Å². The Labute approximate surface area is 416 Å². The Balaban J connectivity index is 1.23. The lowest BCUT2D eigenvalue weighted by Gasteiger charge is -2.27. The van der Waals surface area contributed by atoms with Crippen LogP contribution in [-0.2, 0) is 65.5 Å². The van der Waals surface area contributed by atoms with Crippen LogP contribution in [0.15, 0.2) is 84.9 Å². The molecule has 4 aromatic carbocycles. The number of hydrogen-bond acceptors (Lipinski definition) is 16. The molecule has 0 aliphatic carbocycles. The number of aliphatic carboxylic acids is 1. The Morgan fingerprint density at radius 1 is 0.634 bits per heavy atom. The number of nitrogens with one attached hydrogen (secondary N) is 2. The quantitative estimate of drug-likeness (QED) is 0.0163. The van der Waals surface area contributed by atoms with Gasteiger partial charge in [0.05, 0.1) is 19.7 Å². The molecule has 5 N–H and O–H groups in total. The second-order valence-corrected chi connectivity index (χ2v) is 18.1. The molecule has 0 saturated heterocycles. The van der Waals surface area contributed by atoms with Gasteiger partial charge < -0.3 is 39.0 Å². The maximum Gasteiger partial charge on any atom is 0.511 e. The molecule has 71 heavy (non-hydrogen) atoms. The summed E-state index contributed by atoms with van der Waals surface area (Å²) in [5.41, 5.74) is 4.56. The lowest BCUT2D eigenvalue weighted by atomic mass is 10.0. The summed E-state index contributed by atoms with van der Waals surface area (Å²) in [4.78, 5) is 87.2. The maximum absolute atomic E-state index is 14.5. The first-order valence-electron chi connectivity index (χ1n) is 21.5. The van der Waals surface area contributed by atoms with E-state index in [-0.39, 0.29) is 43.7 Å². The fraction of sp³-hybridized carbons (Fsp3) is 0.354. The minimum absolute atomic E-state index is 0.0348. The number of hydrogen-bond donors (Lipinski definition) is 5. The molecule has 0 aliphatic heterocycles. The number of carbonyl (C=O) groups is 7. The zero-order valence-corrected chi connectivity index (χ0v) is 40.6. The van der Waals surface area contributed by atoms with Gasteiger partial charge in [-0.25, -0.2) is 42.8 Å². The van der Waals surface area contributed by atoms with E-state index >= 15 is 0 Å². The van der Waals surface area contributed by atoms with Gasteiger partial charge in [-0.05, 0) is 106 Å². The Bertz CT molecular complexity index is 2540. The van der Waals surface area contributed by atoms with E-state index in [9.17, 15) is 57.7 Å². The fourth-order valence-electron chi connectivity index (χ4n) is 6.31. The second kappa shape index (κ2) is 25.9. The lowest BCUT2D eigenvalue weighted by molar-refractivity contribution is -0.168. The molecule has 0 fully saturated rings. The van der Waals surface area contributed by atoms with Crippen molar-refractivity contribution >= 4 is 65.0 Å². The van der Waals surface area contributed by atoms with Gasteiger partial charge in [0.2, 0.25) is 6.79 Å². The van der Waals surface area contributed by atoms with E-state index in [0.29, 0.717) is 32.3 Å². The Morgan fingerprint density at radius 3 is 1.54 bits per heavy atom. The maximum atomic E-state index is 14.5. The largest absolute Gasteiger partial charge is 0.511 e. The summed E-state index contributed by atoms with van der Waals surface area (Å²) in [6, 6.07) is 20.7. The molecule has 2 atom stereocenters. The zero-order chi connectivity index (χ0) is 52.6. The van der Waals surface area contributed by atoms with Gasteiger partial charge in [-0.2, -0.15) is 0 Å². The van der Waals surface area contributed by atoms with Crippen molar-refractivity contribution in [1.29, 1.82) is 0 Å². The van der Waals surface area contributed by atoms with Crippen molar-refractivity contribution in [2.24, 2.45) is 0 Å². The van der Waals surface area contributed by atoms with Crippen molar-refractivity contribution in [2.75, 3.05) is 26.5 Å². The van der Waals surface area contributed by atoms with E-state index in [4.69, 9.17) is 46.9 Å². The summed E-state index contributed by atoms with van der Waals surface area (Å²) >= 11 is 12.0. The van der Waals surface area contributed by atoms with E-state index in [1.54, 1.807) is 69.3 Å². The monoisotopic (exact) mass is 1030 g/mol. The van der Waals surface area contributed by atoms with Crippen molar-refractivity contribution in [3.05, 3.63) is 118 Å². The Kier molecular flexibility index (Phi) is 20.7. The Morgan fingerprint density at radius 2 is 1.08 bits per heavy atom. The molecule has 2 amide bonds. The third-order valence-electron chi connectivity index (χ3n) is 9.66. The van der Waals surface area contributed by atoms with Crippen molar-refractivity contribution in [2.45, 2.75) is 84.0 Å². The summed E-state index contributed by atoms with van der Waals surface area (Å²) < 4.78 is 53.8. The predicted molar refractivity (Wildman–Crippen MR) is 249 cm³/mol. The fourth-order valence-corrected chi connectivity index (χ4v) is 6.65. The molecule has 0 bridgehead atoms. The van der Waals surface area contributed by atoms with Crippen molar-refractivity contribution in [3.63, 3.8) is 0 Å². The third kappa shape index (κ3) is 19.2. The van der Waals surface area contributed by atoms with Crippen molar-refractivity contribution in [3.8, 4) is 22.3 Å². The molecular formula is C48H52Cl2F2N4O15. The van der Waals surface area contributed by atoms with Gasteiger partial charge in [0.25, 0.3) is 0 Å². The number of carbonyl (C=O) groups excluding carboxylic acids is 6. The molecule has 19 nitrogen and oxygen atoms in total. The SMILES string of the molecule is CC(C)(C)OC(=O)C(=O)NN(Cc1ccc(-c2cc(Cl)ccc2F)cc1)C[C@@H](O)C(=O)OCOC(=O)OCCCC(C)(C)OC(=O)C(=O)NN(Cc1ccc(-c2cc(Cl)ccc2F)cc1)C[C@@H](O)C(=O)O. The number of ether oxygens (including phenoxy) is 5. The van der Waals surface area contributed by atoms with E-state index in [1.165, 1.54) is 50.2 Å². The van der Waals surface area contributed by atoms with Gasteiger partial charge in [0, 0.05) is 34.3 Å². The first kappa shape index (κ1) is 56.8. The molecular weight excluding hydrogens is 981 g/mol.